The Balaban J connectivity index is 1.95. The monoisotopic (exact) mass is 360 g/mol. The lowest BCUT2D eigenvalue weighted by Crippen LogP contribution is -2.05. The number of carbonyl (C=O) groups is 2. The normalized spacial score (nSPS) is 10.6. The van der Waals surface area contributed by atoms with Crippen LogP contribution in [0.25, 0.3) is 20.8 Å². The van der Waals surface area contributed by atoms with E-state index < -0.39 is 0 Å². The molecule has 0 spiro atoms. The number of benzene rings is 2. The molecule has 0 radical (unpaired) electrons. The number of esters is 1. The van der Waals surface area contributed by atoms with E-state index in [0.29, 0.717) is 16.5 Å². The van der Waals surface area contributed by atoms with Gasteiger partial charge in [-0.3, -0.25) is 9.59 Å². The molecule has 1 aromatic heterocycles. The molecular formula is C17H13ClN2O3S. The highest BCUT2D eigenvalue weighted by Crippen LogP contribution is 2.35. The van der Waals surface area contributed by atoms with Crippen LogP contribution >= 0.6 is 22.9 Å². The second-order valence-electron chi connectivity index (χ2n) is 5.12. The van der Waals surface area contributed by atoms with Crippen LogP contribution in [0, 0.1) is 0 Å². The third-order valence-electron chi connectivity index (χ3n) is 3.15. The fraction of sp³-hybridized carbons (Fsp3) is 0.118. The van der Waals surface area contributed by atoms with E-state index in [4.69, 9.17) is 16.3 Å². The molecule has 0 atom stereocenters. The summed E-state index contributed by atoms with van der Waals surface area (Å²) in [6, 6.07) is 10.7. The van der Waals surface area contributed by atoms with Gasteiger partial charge in [-0.1, -0.05) is 11.6 Å². The molecule has 0 saturated heterocycles. The molecule has 3 rings (SSSR count). The van der Waals surface area contributed by atoms with Crippen LogP contribution in [-0.2, 0) is 9.59 Å². The van der Waals surface area contributed by atoms with Crippen molar-refractivity contribution in [3.05, 3.63) is 41.4 Å². The number of rotatable bonds is 3. The Labute approximate surface area is 147 Å². The Morgan fingerprint density at radius 1 is 1.17 bits per heavy atom. The van der Waals surface area contributed by atoms with E-state index in [0.717, 1.165) is 20.8 Å². The van der Waals surface area contributed by atoms with Gasteiger partial charge in [0.1, 0.15) is 10.8 Å². The van der Waals surface area contributed by atoms with Crippen molar-refractivity contribution in [3.63, 3.8) is 0 Å². The first kappa shape index (κ1) is 16.4. The van der Waals surface area contributed by atoms with Crippen molar-refractivity contribution in [2.75, 3.05) is 5.32 Å². The van der Waals surface area contributed by atoms with Crippen LogP contribution in [0.5, 0.6) is 5.75 Å². The van der Waals surface area contributed by atoms with Gasteiger partial charge >= 0.3 is 5.97 Å². The van der Waals surface area contributed by atoms with E-state index in [-0.39, 0.29) is 11.9 Å². The van der Waals surface area contributed by atoms with Gasteiger partial charge in [0, 0.05) is 25.5 Å². The highest BCUT2D eigenvalue weighted by Gasteiger charge is 2.10. The molecule has 0 aliphatic heterocycles. The maximum atomic E-state index is 11.1. The topological polar surface area (TPSA) is 68.3 Å². The zero-order valence-corrected chi connectivity index (χ0v) is 14.5. The van der Waals surface area contributed by atoms with E-state index >= 15 is 0 Å². The molecule has 1 heterocycles. The summed E-state index contributed by atoms with van der Waals surface area (Å²) in [5.74, 6) is -0.0497. The van der Waals surface area contributed by atoms with Gasteiger partial charge in [-0.2, -0.15) is 0 Å². The molecule has 3 aromatic rings. The summed E-state index contributed by atoms with van der Waals surface area (Å²) in [5, 5.41) is 3.91. The highest BCUT2D eigenvalue weighted by atomic mass is 35.5. The Bertz CT molecular complexity index is 952. The fourth-order valence-corrected chi connectivity index (χ4v) is 3.42. The van der Waals surface area contributed by atoms with Gasteiger partial charge in [0.25, 0.3) is 0 Å². The fourth-order valence-electron chi connectivity index (χ4n) is 2.20. The Hall–Kier alpha value is -2.44. The second-order valence-corrected chi connectivity index (χ2v) is 6.56. The maximum Gasteiger partial charge on any atom is 0.308 e. The minimum Gasteiger partial charge on any atom is -0.427 e. The van der Waals surface area contributed by atoms with Gasteiger partial charge in [0.15, 0.2) is 0 Å². The van der Waals surface area contributed by atoms with Crippen LogP contribution in [0.2, 0.25) is 5.02 Å². The average Bonchev–Trinajstić information content (AvgIpc) is 2.91. The van der Waals surface area contributed by atoms with Gasteiger partial charge in [0.2, 0.25) is 5.91 Å². The van der Waals surface area contributed by atoms with Crippen LogP contribution in [0.3, 0.4) is 0 Å². The number of anilines is 1. The van der Waals surface area contributed by atoms with Gasteiger partial charge in [-0.05, 0) is 30.3 Å². The Morgan fingerprint density at radius 3 is 2.62 bits per heavy atom. The summed E-state index contributed by atoms with van der Waals surface area (Å²) in [6.07, 6.45) is 0. The van der Waals surface area contributed by atoms with Gasteiger partial charge in [0.05, 0.1) is 20.9 Å². The average molecular weight is 361 g/mol. The number of thiazole rings is 1. The maximum absolute atomic E-state index is 11.1. The molecule has 1 N–H and O–H groups in total. The molecule has 0 aliphatic rings. The van der Waals surface area contributed by atoms with E-state index in [2.05, 4.69) is 10.3 Å². The molecule has 1 amide bonds. The minimum atomic E-state index is -0.362. The van der Waals surface area contributed by atoms with Crippen molar-refractivity contribution >= 4 is 50.7 Å². The third kappa shape index (κ3) is 3.55. The molecule has 2 aromatic carbocycles. The molecule has 0 fully saturated rings. The lowest BCUT2D eigenvalue weighted by atomic mass is 10.2. The third-order valence-corrected chi connectivity index (χ3v) is 4.53. The molecule has 0 unspecified atom stereocenters. The van der Waals surface area contributed by atoms with Crippen molar-refractivity contribution in [1.29, 1.82) is 0 Å². The first-order valence-electron chi connectivity index (χ1n) is 7.09. The van der Waals surface area contributed by atoms with Crippen molar-refractivity contribution in [2.24, 2.45) is 0 Å². The van der Waals surface area contributed by atoms with Gasteiger partial charge in [-0.15, -0.1) is 11.3 Å². The largest absolute Gasteiger partial charge is 0.427 e. The summed E-state index contributed by atoms with van der Waals surface area (Å²) in [6.45, 7) is 2.79. The zero-order chi connectivity index (χ0) is 17.3. The molecule has 0 saturated carbocycles. The number of fused-ring (bicyclic) bond motifs is 1. The number of halogens is 1. The van der Waals surface area contributed by atoms with Crippen molar-refractivity contribution in [2.45, 2.75) is 13.8 Å². The van der Waals surface area contributed by atoms with Crippen molar-refractivity contribution < 1.29 is 14.3 Å². The van der Waals surface area contributed by atoms with E-state index in [1.807, 2.05) is 6.07 Å². The van der Waals surface area contributed by atoms with Gasteiger partial charge < -0.3 is 10.1 Å². The molecule has 0 bridgehead atoms. The quantitative estimate of drug-likeness (QED) is 0.551. The van der Waals surface area contributed by atoms with Crippen molar-refractivity contribution in [1.82, 2.24) is 4.98 Å². The second kappa shape index (κ2) is 6.59. The SMILES string of the molecule is CC(=O)Nc1ccc(-c2nc3ccc(OC(C)=O)cc3s2)cc1Cl. The number of nitrogens with zero attached hydrogens (tertiary/aromatic N) is 1. The van der Waals surface area contributed by atoms with Crippen LogP contribution in [-0.4, -0.2) is 16.9 Å². The molecule has 7 heteroatoms. The van der Waals surface area contributed by atoms with Gasteiger partial charge in [-0.25, -0.2) is 4.98 Å². The molecule has 24 heavy (non-hydrogen) atoms. The minimum absolute atomic E-state index is 0.178. The first-order chi connectivity index (χ1) is 11.4. The van der Waals surface area contributed by atoms with Crippen molar-refractivity contribution in [3.8, 4) is 16.3 Å². The predicted octanol–water partition coefficient (Wildman–Crippen LogP) is 4.50. The number of hydrogen-bond donors (Lipinski definition) is 1. The number of ether oxygens (including phenoxy) is 1. The Morgan fingerprint density at radius 2 is 1.96 bits per heavy atom. The molecule has 5 nitrogen and oxygen atoms in total. The van der Waals surface area contributed by atoms with Crippen LogP contribution in [0.15, 0.2) is 36.4 Å². The summed E-state index contributed by atoms with van der Waals surface area (Å²) in [4.78, 5) is 26.7. The van der Waals surface area contributed by atoms with Crippen LogP contribution < -0.4 is 10.1 Å². The molecule has 0 aliphatic carbocycles. The van der Waals surface area contributed by atoms with E-state index in [1.54, 1.807) is 30.3 Å². The first-order valence-corrected chi connectivity index (χ1v) is 8.28. The smallest absolute Gasteiger partial charge is 0.308 e. The lowest BCUT2D eigenvalue weighted by molar-refractivity contribution is -0.131. The molecular weight excluding hydrogens is 348 g/mol. The number of hydrogen-bond acceptors (Lipinski definition) is 5. The predicted molar refractivity (Wildman–Crippen MR) is 95.7 cm³/mol. The summed E-state index contributed by atoms with van der Waals surface area (Å²) >= 11 is 7.68. The zero-order valence-electron chi connectivity index (χ0n) is 12.9. The molecule has 122 valence electrons. The Kier molecular flexibility index (Phi) is 4.51. The van der Waals surface area contributed by atoms with Crippen LogP contribution in [0.4, 0.5) is 5.69 Å². The number of nitrogens with one attached hydrogen (secondary N) is 1. The van der Waals surface area contributed by atoms with E-state index in [1.165, 1.54) is 25.2 Å². The summed E-state index contributed by atoms with van der Waals surface area (Å²) < 4.78 is 6.00. The van der Waals surface area contributed by atoms with E-state index in [9.17, 15) is 9.59 Å². The highest BCUT2D eigenvalue weighted by molar-refractivity contribution is 7.21. The number of aromatic nitrogens is 1. The summed E-state index contributed by atoms with van der Waals surface area (Å²) in [5.41, 5.74) is 2.23. The standard InChI is InChI=1S/C17H13ClN2O3S/c1-9(21)19-14-5-3-11(7-13(14)18)17-20-15-6-4-12(23-10(2)22)8-16(15)24-17/h3-8H,1-2H3,(H,19,21). The lowest BCUT2D eigenvalue weighted by Gasteiger charge is -2.05. The summed E-state index contributed by atoms with van der Waals surface area (Å²) in [7, 11) is 0. The number of carbonyl (C=O) groups excluding carboxylic acids is 2. The van der Waals surface area contributed by atoms with Crippen LogP contribution in [0.1, 0.15) is 13.8 Å². The number of amides is 1.